The van der Waals surface area contributed by atoms with Crippen LogP contribution in [0.15, 0.2) is 16.9 Å². The molecular weight excluding hydrogens is 231 g/mol. The fourth-order valence-electron chi connectivity index (χ4n) is 1.04. The van der Waals surface area contributed by atoms with Crippen molar-refractivity contribution in [2.45, 2.75) is 39.9 Å². The summed E-state index contributed by atoms with van der Waals surface area (Å²) in [5.74, 6) is 0.324. The normalized spacial score (nSPS) is 12.4. The van der Waals surface area contributed by atoms with E-state index in [1.54, 1.807) is 33.8 Å². The molecule has 0 aromatic carbocycles. The Morgan fingerprint density at radius 3 is 2.25 bits per heavy atom. The minimum atomic E-state index is -3.39. The van der Waals surface area contributed by atoms with E-state index in [0.29, 0.717) is 5.82 Å². The predicted molar refractivity (Wildman–Crippen MR) is 60.2 cm³/mol. The number of hydrogen-bond acceptors (Lipinski definition) is 5. The fourth-order valence-corrected chi connectivity index (χ4v) is 2.70. The van der Waals surface area contributed by atoms with E-state index in [2.05, 4.69) is 14.8 Å². The van der Waals surface area contributed by atoms with Crippen LogP contribution in [-0.4, -0.2) is 17.4 Å². The van der Waals surface area contributed by atoms with Crippen molar-refractivity contribution in [2.75, 3.05) is 5.09 Å². The molecule has 0 saturated carbocycles. The van der Waals surface area contributed by atoms with Gasteiger partial charge >= 0.3 is 7.75 Å². The van der Waals surface area contributed by atoms with Gasteiger partial charge in [0.1, 0.15) is 6.26 Å². The van der Waals surface area contributed by atoms with Gasteiger partial charge in [-0.3, -0.25) is 14.1 Å². The van der Waals surface area contributed by atoms with E-state index in [4.69, 9.17) is 9.05 Å². The number of rotatable bonds is 6. The van der Waals surface area contributed by atoms with Crippen molar-refractivity contribution in [1.82, 2.24) is 5.16 Å². The van der Waals surface area contributed by atoms with Crippen molar-refractivity contribution in [3.63, 3.8) is 0 Å². The molecule has 1 aromatic heterocycles. The first-order valence-corrected chi connectivity index (χ1v) is 6.61. The van der Waals surface area contributed by atoms with Crippen LogP contribution < -0.4 is 5.09 Å². The largest absolute Gasteiger partial charge is 0.434 e. The van der Waals surface area contributed by atoms with E-state index in [9.17, 15) is 4.57 Å². The Bertz CT molecular complexity index is 336. The van der Waals surface area contributed by atoms with E-state index in [0.717, 1.165) is 0 Å². The average molecular weight is 248 g/mol. The molecule has 0 spiro atoms. The molecule has 7 heteroatoms. The van der Waals surface area contributed by atoms with Crippen LogP contribution >= 0.6 is 7.75 Å². The second kappa shape index (κ2) is 5.48. The maximum atomic E-state index is 12.3. The topological polar surface area (TPSA) is 73.6 Å². The smallest absolute Gasteiger partial charge is 0.363 e. The van der Waals surface area contributed by atoms with Crippen LogP contribution in [0.5, 0.6) is 0 Å². The van der Waals surface area contributed by atoms with Crippen LogP contribution in [-0.2, 0) is 13.6 Å². The lowest BCUT2D eigenvalue weighted by Crippen LogP contribution is -2.13. The molecule has 92 valence electrons. The zero-order chi connectivity index (χ0) is 12.2. The summed E-state index contributed by atoms with van der Waals surface area (Å²) in [6, 6.07) is 1.54. The number of aromatic nitrogens is 1. The zero-order valence-electron chi connectivity index (χ0n) is 9.84. The Labute approximate surface area is 94.9 Å². The van der Waals surface area contributed by atoms with Gasteiger partial charge in [0.2, 0.25) is 0 Å². The van der Waals surface area contributed by atoms with Gasteiger partial charge in [0.15, 0.2) is 5.82 Å². The minimum absolute atomic E-state index is 0.219. The standard InChI is InChI=1S/C9H17N2O4P/c1-7(2)14-16(12,15-8(3)4)11-9-5-6-13-10-9/h5-8H,1-4H3,(H,10,11,12). The lowest BCUT2D eigenvalue weighted by Gasteiger charge is -2.22. The lowest BCUT2D eigenvalue weighted by molar-refractivity contribution is 0.146. The van der Waals surface area contributed by atoms with Gasteiger partial charge in [-0.1, -0.05) is 5.16 Å². The van der Waals surface area contributed by atoms with Crippen molar-refractivity contribution >= 4 is 13.6 Å². The van der Waals surface area contributed by atoms with E-state index in [1.165, 1.54) is 6.26 Å². The quantitative estimate of drug-likeness (QED) is 0.780. The van der Waals surface area contributed by atoms with Crippen molar-refractivity contribution < 1.29 is 18.1 Å². The first kappa shape index (κ1) is 13.2. The SMILES string of the molecule is CC(C)OP(=O)(Nc1ccon1)OC(C)C. The van der Waals surface area contributed by atoms with Crippen molar-refractivity contribution in [1.29, 1.82) is 0 Å². The van der Waals surface area contributed by atoms with Crippen LogP contribution in [0.25, 0.3) is 0 Å². The van der Waals surface area contributed by atoms with Crippen LogP contribution in [0.2, 0.25) is 0 Å². The molecule has 0 aliphatic heterocycles. The Morgan fingerprint density at radius 2 is 1.88 bits per heavy atom. The summed E-state index contributed by atoms with van der Waals surface area (Å²) < 4.78 is 27.4. The van der Waals surface area contributed by atoms with Crippen molar-refractivity contribution in [2.24, 2.45) is 0 Å². The van der Waals surface area contributed by atoms with E-state index >= 15 is 0 Å². The first-order valence-electron chi connectivity index (χ1n) is 5.07. The number of nitrogens with zero attached hydrogens (tertiary/aromatic N) is 1. The van der Waals surface area contributed by atoms with Crippen LogP contribution in [0, 0.1) is 0 Å². The highest BCUT2D eigenvalue weighted by molar-refractivity contribution is 7.55. The molecule has 1 N–H and O–H groups in total. The molecule has 0 aliphatic rings. The predicted octanol–water partition coefficient (Wildman–Crippen LogP) is 3.04. The highest BCUT2D eigenvalue weighted by Crippen LogP contribution is 2.49. The van der Waals surface area contributed by atoms with Crippen LogP contribution in [0.4, 0.5) is 5.82 Å². The van der Waals surface area contributed by atoms with E-state index in [-0.39, 0.29) is 12.2 Å². The lowest BCUT2D eigenvalue weighted by atomic mass is 10.5. The molecule has 0 aliphatic carbocycles. The Kier molecular flexibility index (Phi) is 4.53. The van der Waals surface area contributed by atoms with Gasteiger partial charge in [0.25, 0.3) is 0 Å². The third kappa shape index (κ3) is 4.35. The van der Waals surface area contributed by atoms with E-state index in [1.807, 2.05) is 0 Å². The summed E-state index contributed by atoms with van der Waals surface area (Å²) in [6.45, 7) is 7.11. The van der Waals surface area contributed by atoms with E-state index < -0.39 is 7.75 Å². The van der Waals surface area contributed by atoms with Gasteiger partial charge < -0.3 is 4.52 Å². The molecule has 6 nitrogen and oxygen atoms in total. The van der Waals surface area contributed by atoms with Crippen molar-refractivity contribution in [3.05, 3.63) is 12.3 Å². The van der Waals surface area contributed by atoms with Gasteiger partial charge in [0, 0.05) is 6.07 Å². The summed E-state index contributed by atoms with van der Waals surface area (Å²) in [5.41, 5.74) is 0. The summed E-state index contributed by atoms with van der Waals surface area (Å²) in [4.78, 5) is 0. The summed E-state index contributed by atoms with van der Waals surface area (Å²) in [6.07, 6.45) is 0.935. The maximum absolute atomic E-state index is 12.3. The molecule has 0 atom stereocenters. The number of nitrogens with one attached hydrogen (secondary N) is 1. The van der Waals surface area contributed by atoms with Gasteiger partial charge in [-0.2, -0.15) is 0 Å². The van der Waals surface area contributed by atoms with Gasteiger partial charge in [-0.25, -0.2) is 4.57 Å². The molecule has 0 bridgehead atoms. The molecular formula is C9H17N2O4P. The second-order valence-electron chi connectivity index (χ2n) is 3.80. The third-order valence-electron chi connectivity index (χ3n) is 1.39. The Morgan fingerprint density at radius 1 is 1.31 bits per heavy atom. The fraction of sp³-hybridized carbons (Fsp3) is 0.667. The van der Waals surface area contributed by atoms with Gasteiger partial charge in [-0.15, -0.1) is 0 Å². The van der Waals surface area contributed by atoms with Gasteiger partial charge in [-0.05, 0) is 27.7 Å². The molecule has 0 amide bonds. The zero-order valence-corrected chi connectivity index (χ0v) is 10.7. The Hall–Kier alpha value is -0.840. The summed E-state index contributed by atoms with van der Waals surface area (Å²) in [7, 11) is -3.39. The number of hydrogen-bond donors (Lipinski definition) is 1. The third-order valence-corrected chi connectivity index (χ3v) is 3.29. The second-order valence-corrected chi connectivity index (χ2v) is 5.44. The monoisotopic (exact) mass is 248 g/mol. The molecule has 0 fully saturated rings. The molecule has 1 rings (SSSR count). The first-order chi connectivity index (χ1) is 7.41. The Balaban J connectivity index is 2.74. The summed E-state index contributed by atoms with van der Waals surface area (Å²) >= 11 is 0. The maximum Gasteiger partial charge on any atom is 0.434 e. The molecule has 16 heavy (non-hydrogen) atoms. The minimum Gasteiger partial charge on any atom is -0.363 e. The molecule has 1 heterocycles. The van der Waals surface area contributed by atoms with Crippen molar-refractivity contribution in [3.8, 4) is 0 Å². The highest BCUT2D eigenvalue weighted by atomic mass is 31.2. The molecule has 1 aromatic rings. The highest BCUT2D eigenvalue weighted by Gasteiger charge is 2.28. The average Bonchev–Trinajstić information content (AvgIpc) is 2.51. The van der Waals surface area contributed by atoms with Gasteiger partial charge in [0.05, 0.1) is 12.2 Å². The summed E-state index contributed by atoms with van der Waals surface area (Å²) in [5, 5.41) is 6.20. The number of anilines is 1. The van der Waals surface area contributed by atoms with Crippen LogP contribution in [0.3, 0.4) is 0 Å². The molecule has 0 unspecified atom stereocenters. The molecule has 0 radical (unpaired) electrons. The van der Waals surface area contributed by atoms with Crippen LogP contribution in [0.1, 0.15) is 27.7 Å². The molecule has 0 saturated heterocycles.